The maximum Gasteiger partial charge on any atom is 0.103 e. The van der Waals surface area contributed by atoms with Crippen molar-refractivity contribution in [3.05, 3.63) is 168 Å². The normalized spacial score (nSPS) is 11.6. The molecule has 8 aromatic carbocycles. The summed E-state index contributed by atoms with van der Waals surface area (Å²) in [6.07, 6.45) is 0. The van der Waals surface area contributed by atoms with Crippen molar-refractivity contribution in [2.45, 2.75) is 0 Å². The van der Waals surface area contributed by atoms with Crippen molar-refractivity contribution in [3.63, 3.8) is 0 Å². The average Bonchev–Trinajstić information content (AvgIpc) is 4.05. The van der Waals surface area contributed by atoms with Gasteiger partial charge in [0.1, 0.15) is 24.3 Å². The van der Waals surface area contributed by atoms with Crippen LogP contribution in [0.2, 0.25) is 0 Å². The van der Waals surface area contributed by atoms with Gasteiger partial charge in [-0.05, 0) is 48.5 Å². The zero-order chi connectivity index (χ0) is 40.2. The lowest BCUT2D eigenvalue weighted by molar-refractivity contribution is 1.15. The highest BCUT2D eigenvalue weighted by Crippen LogP contribution is 2.47. The summed E-state index contributed by atoms with van der Waals surface area (Å²) in [5, 5.41) is 52.4. The lowest BCUT2D eigenvalue weighted by atomic mass is 9.91. The van der Waals surface area contributed by atoms with Crippen LogP contribution in [0.25, 0.3) is 106 Å². The first-order chi connectivity index (χ1) is 29.6. The average molecular weight is 797 g/mol. The minimum Gasteiger partial charge on any atom is -0.308 e. The first-order valence-electron chi connectivity index (χ1n) is 19.3. The summed E-state index contributed by atoms with van der Waals surface area (Å²) < 4.78 is 8.85. The zero-order valence-corrected chi connectivity index (χ0v) is 33.0. The van der Waals surface area contributed by atoms with E-state index in [0.29, 0.717) is 22.5 Å². The highest BCUT2D eigenvalue weighted by Gasteiger charge is 2.27. The lowest BCUT2D eigenvalue weighted by Crippen LogP contribution is -2.06. The molecule has 0 aliphatic rings. The number of benzene rings is 8. The zero-order valence-electron chi connectivity index (χ0n) is 31.4. The Hall–Kier alpha value is -8.24. The predicted octanol–water partition coefficient (Wildman–Crippen LogP) is 13.8. The molecule has 0 bridgehead atoms. The molecule has 4 aromatic heterocycles. The molecule has 0 unspecified atom stereocenters. The van der Waals surface area contributed by atoms with Gasteiger partial charge in [0, 0.05) is 73.0 Å². The largest absolute Gasteiger partial charge is 0.308 e. The van der Waals surface area contributed by atoms with E-state index in [0.717, 1.165) is 53.7 Å². The molecule has 274 valence electrons. The van der Waals surface area contributed by atoms with Crippen molar-refractivity contribution in [3.8, 4) is 46.8 Å². The molecule has 12 rings (SSSR count). The Kier molecular flexibility index (Phi) is 7.13. The third-order valence-corrected chi connectivity index (χ3v) is 14.3. The first-order valence-corrected chi connectivity index (χ1v) is 20.9. The van der Waals surface area contributed by atoms with E-state index in [-0.39, 0.29) is 22.3 Å². The molecule has 12 aromatic rings. The number of nitrogens with zero attached hydrogens (tertiary/aromatic N) is 6. The second kappa shape index (κ2) is 12.6. The Bertz CT molecular complexity index is 4070. The van der Waals surface area contributed by atoms with Gasteiger partial charge >= 0.3 is 0 Å². The van der Waals surface area contributed by atoms with Crippen molar-refractivity contribution < 1.29 is 0 Å². The van der Waals surface area contributed by atoms with E-state index in [2.05, 4.69) is 124 Å². The van der Waals surface area contributed by atoms with Crippen LogP contribution in [-0.2, 0) is 0 Å². The summed E-state index contributed by atoms with van der Waals surface area (Å²) in [4.78, 5) is 0. The Balaban J connectivity index is 1.16. The van der Waals surface area contributed by atoms with Gasteiger partial charge in [-0.1, -0.05) is 97.1 Å². The van der Waals surface area contributed by atoms with E-state index in [1.807, 2.05) is 48.5 Å². The van der Waals surface area contributed by atoms with Gasteiger partial charge in [-0.3, -0.25) is 0 Å². The predicted molar refractivity (Wildman–Crippen MR) is 245 cm³/mol. The monoisotopic (exact) mass is 796 g/mol. The molecule has 4 heterocycles. The third-order valence-electron chi connectivity index (χ3n) is 11.9. The van der Waals surface area contributed by atoms with E-state index in [1.165, 1.54) is 30.3 Å². The molecular weight excluding hydrogens is 773 g/mol. The van der Waals surface area contributed by atoms with Crippen molar-refractivity contribution in [2.24, 2.45) is 0 Å². The fourth-order valence-electron chi connectivity index (χ4n) is 9.45. The second-order valence-corrected chi connectivity index (χ2v) is 16.9. The van der Waals surface area contributed by atoms with Crippen LogP contribution in [0, 0.1) is 45.3 Å². The molecule has 0 spiro atoms. The molecule has 6 nitrogen and oxygen atoms in total. The smallest absolute Gasteiger partial charge is 0.103 e. The highest BCUT2D eigenvalue weighted by molar-refractivity contribution is 7.27. The molecule has 0 fully saturated rings. The van der Waals surface area contributed by atoms with E-state index in [4.69, 9.17) is 0 Å². The summed E-state index contributed by atoms with van der Waals surface area (Å²) in [5.74, 6) is 0. The fourth-order valence-corrected chi connectivity index (χ4v) is 12.0. The molecule has 0 saturated heterocycles. The SMILES string of the molecule is N#Cc1ccc(-c2ccc(-n3c4ccccc4c4c5sc6ccccc6c5ccc43)c(C#N)c2C#N)c(-n2c3ccccc3c3c4sc5ccccc5c4ccc32)c1C#N. The van der Waals surface area contributed by atoms with Gasteiger partial charge in [-0.25, -0.2) is 0 Å². The number of aromatic nitrogens is 2. The maximum absolute atomic E-state index is 11.1. The van der Waals surface area contributed by atoms with E-state index in [9.17, 15) is 21.0 Å². The molecule has 0 amide bonds. The van der Waals surface area contributed by atoms with Crippen molar-refractivity contribution in [1.29, 1.82) is 21.0 Å². The molecule has 60 heavy (non-hydrogen) atoms. The Labute approximate surface area is 349 Å². The third kappa shape index (κ3) is 4.41. The van der Waals surface area contributed by atoms with Gasteiger partial charge in [0.25, 0.3) is 0 Å². The van der Waals surface area contributed by atoms with Gasteiger partial charge in [-0.2, -0.15) is 21.0 Å². The second-order valence-electron chi connectivity index (χ2n) is 14.8. The van der Waals surface area contributed by atoms with Gasteiger partial charge in [-0.15, -0.1) is 22.7 Å². The van der Waals surface area contributed by atoms with Crippen molar-refractivity contribution >= 4 is 107 Å². The number of hydrogen-bond donors (Lipinski definition) is 0. The van der Waals surface area contributed by atoms with Crippen LogP contribution in [0.15, 0.2) is 146 Å². The molecule has 8 heteroatoms. The van der Waals surface area contributed by atoms with Crippen LogP contribution in [0.4, 0.5) is 0 Å². The maximum atomic E-state index is 11.1. The molecule has 0 N–H and O–H groups in total. The first kappa shape index (κ1) is 33.9. The van der Waals surface area contributed by atoms with Crippen LogP contribution in [0.1, 0.15) is 22.3 Å². The number of fused-ring (bicyclic) bond motifs is 14. The minimum absolute atomic E-state index is 0.186. The number of nitriles is 4. The van der Waals surface area contributed by atoms with E-state index < -0.39 is 0 Å². The van der Waals surface area contributed by atoms with Crippen LogP contribution in [-0.4, -0.2) is 9.13 Å². The van der Waals surface area contributed by atoms with Gasteiger partial charge < -0.3 is 9.13 Å². The van der Waals surface area contributed by atoms with Crippen LogP contribution >= 0.6 is 22.7 Å². The summed E-state index contributed by atoms with van der Waals surface area (Å²) in [6.45, 7) is 0. The highest BCUT2D eigenvalue weighted by atomic mass is 32.1. The molecule has 0 saturated carbocycles. The number of rotatable bonds is 3. The molecule has 0 radical (unpaired) electrons. The van der Waals surface area contributed by atoms with Gasteiger partial charge in [0.05, 0.1) is 55.7 Å². The number of para-hydroxylation sites is 2. The lowest BCUT2D eigenvalue weighted by Gasteiger charge is -2.19. The number of thiophene rings is 2. The van der Waals surface area contributed by atoms with Crippen molar-refractivity contribution in [2.75, 3.05) is 0 Å². The van der Waals surface area contributed by atoms with Crippen molar-refractivity contribution in [1.82, 2.24) is 9.13 Å². The molecular formula is C52H24N6S2. The Morgan fingerprint density at radius 1 is 0.367 bits per heavy atom. The summed E-state index contributed by atoms with van der Waals surface area (Å²) >= 11 is 3.49. The van der Waals surface area contributed by atoms with Gasteiger partial charge in [0.15, 0.2) is 0 Å². The van der Waals surface area contributed by atoms with Crippen LogP contribution in [0.5, 0.6) is 0 Å². The van der Waals surface area contributed by atoms with E-state index in [1.54, 1.807) is 28.7 Å². The van der Waals surface area contributed by atoms with Gasteiger partial charge in [0.2, 0.25) is 0 Å². The van der Waals surface area contributed by atoms with Crippen LogP contribution in [0.3, 0.4) is 0 Å². The Morgan fingerprint density at radius 2 is 0.867 bits per heavy atom. The number of hydrogen-bond acceptors (Lipinski definition) is 6. The Morgan fingerprint density at radius 3 is 1.43 bits per heavy atom. The summed E-state index contributed by atoms with van der Waals surface area (Å²) in [5.41, 5.74) is 6.55. The fraction of sp³-hybridized carbons (Fsp3) is 0. The molecule has 0 aliphatic heterocycles. The molecule has 0 atom stereocenters. The quantitative estimate of drug-likeness (QED) is 0.177. The van der Waals surface area contributed by atoms with E-state index >= 15 is 0 Å². The summed E-state index contributed by atoms with van der Waals surface area (Å²) in [7, 11) is 0. The van der Waals surface area contributed by atoms with Crippen LogP contribution < -0.4 is 0 Å². The molecule has 0 aliphatic carbocycles. The summed E-state index contributed by atoms with van der Waals surface area (Å²) in [6, 6.07) is 58.4. The topological polar surface area (TPSA) is 105 Å². The standard InChI is InChI=1S/C52H24N6S2/c53-25-29-17-18-33(50(38(29)26-54)58-42-14-6-2-12-37(42)49-45(58)24-21-35-32-10-4-8-16-47(32)60-52(35)49)30-19-22-43(40(28-56)39(30)27-55)57-41-13-5-1-11-36(41)48-44(57)23-20-34-31-9-3-7-15-46(31)59-51(34)48/h1-24H. The minimum atomic E-state index is 0.186.